The standard InChI is InChI=1S/C8H9N3.C2H6/c1-5-3-7-4-9-11-8(7)10-6(5)2;1-2/h3-4H,1-2H3,(H,9,10,11);1-2H3. The van der Waals surface area contributed by atoms with Crippen LogP contribution in [0.1, 0.15) is 25.1 Å². The second-order valence-corrected chi connectivity index (χ2v) is 2.70. The van der Waals surface area contributed by atoms with Crippen molar-refractivity contribution in [2.24, 2.45) is 0 Å². The number of H-pyrrole nitrogens is 1. The molecule has 0 bridgehead atoms. The van der Waals surface area contributed by atoms with Crippen LogP contribution in [0.15, 0.2) is 12.3 Å². The van der Waals surface area contributed by atoms with Crippen LogP contribution in [0.4, 0.5) is 0 Å². The summed E-state index contributed by atoms with van der Waals surface area (Å²) >= 11 is 0. The fourth-order valence-corrected chi connectivity index (χ4v) is 1.08. The van der Waals surface area contributed by atoms with Gasteiger partial charge in [0.05, 0.1) is 6.20 Å². The predicted octanol–water partition coefficient (Wildman–Crippen LogP) is 2.60. The normalized spacial score (nSPS) is 9.54. The van der Waals surface area contributed by atoms with E-state index in [2.05, 4.69) is 28.2 Å². The van der Waals surface area contributed by atoms with Gasteiger partial charge in [-0.1, -0.05) is 13.8 Å². The number of rotatable bonds is 0. The van der Waals surface area contributed by atoms with E-state index in [4.69, 9.17) is 0 Å². The van der Waals surface area contributed by atoms with Gasteiger partial charge in [-0.3, -0.25) is 5.10 Å². The van der Waals surface area contributed by atoms with E-state index in [9.17, 15) is 0 Å². The van der Waals surface area contributed by atoms with Crippen molar-refractivity contribution in [1.82, 2.24) is 15.2 Å². The molecule has 0 aliphatic rings. The third-order valence-corrected chi connectivity index (χ3v) is 1.87. The number of hydrogen-bond acceptors (Lipinski definition) is 2. The summed E-state index contributed by atoms with van der Waals surface area (Å²) < 4.78 is 0. The van der Waals surface area contributed by atoms with Gasteiger partial charge in [-0.2, -0.15) is 5.10 Å². The third-order valence-electron chi connectivity index (χ3n) is 1.87. The summed E-state index contributed by atoms with van der Waals surface area (Å²) in [7, 11) is 0. The molecule has 0 radical (unpaired) electrons. The highest BCUT2D eigenvalue weighted by Crippen LogP contribution is 2.12. The van der Waals surface area contributed by atoms with Gasteiger partial charge in [-0.05, 0) is 25.5 Å². The molecular weight excluding hydrogens is 162 g/mol. The fraction of sp³-hybridized carbons (Fsp3) is 0.400. The minimum absolute atomic E-state index is 0.869. The van der Waals surface area contributed by atoms with Gasteiger partial charge in [0, 0.05) is 11.1 Å². The molecular formula is C10H15N3. The zero-order chi connectivity index (χ0) is 9.84. The minimum Gasteiger partial charge on any atom is -0.261 e. The number of aromatic amines is 1. The van der Waals surface area contributed by atoms with Crippen LogP contribution in [0.25, 0.3) is 11.0 Å². The maximum atomic E-state index is 4.32. The lowest BCUT2D eigenvalue weighted by Gasteiger charge is -1.96. The first-order valence-corrected chi connectivity index (χ1v) is 4.55. The molecule has 2 aromatic heterocycles. The van der Waals surface area contributed by atoms with Crippen molar-refractivity contribution in [3.63, 3.8) is 0 Å². The van der Waals surface area contributed by atoms with Crippen LogP contribution >= 0.6 is 0 Å². The van der Waals surface area contributed by atoms with Crippen LogP contribution in [-0.2, 0) is 0 Å². The Balaban J connectivity index is 0.000000396. The Bertz CT molecular complexity index is 354. The smallest absolute Gasteiger partial charge is 0.155 e. The Morgan fingerprint density at radius 1 is 1.23 bits per heavy atom. The summed E-state index contributed by atoms with van der Waals surface area (Å²) in [5.41, 5.74) is 3.13. The number of aromatic nitrogens is 3. The minimum atomic E-state index is 0.869. The highest BCUT2D eigenvalue weighted by molar-refractivity contribution is 5.74. The topological polar surface area (TPSA) is 41.6 Å². The van der Waals surface area contributed by atoms with E-state index >= 15 is 0 Å². The molecule has 2 aromatic rings. The molecule has 3 heteroatoms. The molecule has 0 fully saturated rings. The summed E-state index contributed by atoms with van der Waals surface area (Å²) in [6.07, 6.45) is 1.79. The lowest BCUT2D eigenvalue weighted by atomic mass is 10.2. The van der Waals surface area contributed by atoms with E-state index in [1.165, 1.54) is 5.56 Å². The van der Waals surface area contributed by atoms with Crippen molar-refractivity contribution in [3.8, 4) is 0 Å². The monoisotopic (exact) mass is 177 g/mol. The van der Waals surface area contributed by atoms with E-state index in [1.807, 2.05) is 20.8 Å². The predicted molar refractivity (Wildman–Crippen MR) is 54.7 cm³/mol. The molecule has 2 heterocycles. The summed E-state index contributed by atoms with van der Waals surface area (Å²) in [5, 5.41) is 7.80. The highest BCUT2D eigenvalue weighted by Gasteiger charge is 1.99. The van der Waals surface area contributed by atoms with Crippen LogP contribution in [0.2, 0.25) is 0 Å². The van der Waals surface area contributed by atoms with Crippen LogP contribution in [-0.4, -0.2) is 15.2 Å². The molecule has 0 spiro atoms. The van der Waals surface area contributed by atoms with Crippen molar-refractivity contribution in [2.45, 2.75) is 27.7 Å². The quantitative estimate of drug-likeness (QED) is 0.672. The van der Waals surface area contributed by atoms with Gasteiger partial charge >= 0.3 is 0 Å². The van der Waals surface area contributed by atoms with E-state index in [0.717, 1.165) is 16.7 Å². The van der Waals surface area contributed by atoms with Gasteiger partial charge in [-0.15, -0.1) is 0 Å². The highest BCUT2D eigenvalue weighted by atomic mass is 15.1. The molecule has 13 heavy (non-hydrogen) atoms. The summed E-state index contributed by atoms with van der Waals surface area (Å²) in [6.45, 7) is 8.05. The van der Waals surface area contributed by atoms with Crippen molar-refractivity contribution in [3.05, 3.63) is 23.5 Å². The lowest BCUT2D eigenvalue weighted by Crippen LogP contribution is -1.86. The van der Waals surface area contributed by atoms with Gasteiger partial charge in [0.25, 0.3) is 0 Å². The summed E-state index contributed by atoms with van der Waals surface area (Å²) in [6, 6.07) is 2.08. The first kappa shape index (κ1) is 9.71. The molecule has 0 aliphatic heterocycles. The zero-order valence-corrected chi connectivity index (χ0v) is 8.55. The molecule has 0 unspecified atom stereocenters. The van der Waals surface area contributed by atoms with Crippen LogP contribution < -0.4 is 0 Å². The summed E-state index contributed by atoms with van der Waals surface area (Å²) in [5.74, 6) is 0. The number of aryl methyl sites for hydroxylation is 2. The Kier molecular flexibility index (Phi) is 3.01. The van der Waals surface area contributed by atoms with Crippen LogP contribution in [0.5, 0.6) is 0 Å². The Hall–Kier alpha value is -1.38. The number of fused-ring (bicyclic) bond motifs is 1. The molecule has 3 nitrogen and oxygen atoms in total. The van der Waals surface area contributed by atoms with Gasteiger partial charge in [0.1, 0.15) is 0 Å². The molecule has 0 saturated heterocycles. The van der Waals surface area contributed by atoms with Crippen LogP contribution in [0.3, 0.4) is 0 Å². The Labute approximate surface area is 78.2 Å². The molecule has 0 saturated carbocycles. The summed E-state index contributed by atoms with van der Waals surface area (Å²) in [4.78, 5) is 4.32. The van der Waals surface area contributed by atoms with E-state index < -0.39 is 0 Å². The fourth-order valence-electron chi connectivity index (χ4n) is 1.08. The average molecular weight is 177 g/mol. The first-order chi connectivity index (χ1) is 6.27. The molecule has 0 amide bonds. The van der Waals surface area contributed by atoms with E-state index in [0.29, 0.717) is 0 Å². The largest absolute Gasteiger partial charge is 0.261 e. The van der Waals surface area contributed by atoms with Crippen molar-refractivity contribution < 1.29 is 0 Å². The molecule has 70 valence electrons. The molecule has 0 aromatic carbocycles. The van der Waals surface area contributed by atoms with Gasteiger partial charge in [0.15, 0.2) is 5.65 Å². The van der Waals surface area contributed by atoms with Crippen molar-refractivity contribution >= 4 is 11.0 Å². The number of nitrogens with zero attached hydrogens (tertiary/aromatic N) is 2. The first-order valence-electron chi connectivity index (χ1n) is 4.55. The van der Waals surface area contributed by atoms with Crippen molar-refractivity contribution in [1.29, 1.82) is 0 Å². The van der Waals surface area contributed by atoms with Crippen LogP contribution in [0, 0.1) is 13.8 Å². The maximum absolute atomic E-state index is 4.32. The third kappa shape index (κ3) is 1.86. The number of hydrogen-bond donors (Lipinski definition) is 1. The maximum Gasteiger partial charge on any atom is 0.155 e. The van der Waals surface area contributed by atoms with E-state index in [1.54, 1.807) is 6.20 Å². The zero-order valence-electron chi connectivity index (χ0n) is 8.55. The number of pyridine rings is 1. The lowest BCUT2D eigenvalue weighted by molar-refractivity contribution is 1.08. The van der Waals surface area contributed by atoms with Gasteiger partial charge in [-0.25, -0.2) is 4.98 Å². The van der Waals surface area contributed by atoms with E-state index in [-0.39, 0.29) is 0 Å². The van der Waals surface area contributed by atoms with Crippen molar-refractivity contribution in [2.75, 3.05) is 0 Å². The van der Waals surface area contributed by atoms with Gasteiger partial charge in [0.2, 0.25) is 0 Å². The molecule has 2 rings (SSSR count). The molecule has 0 aliphatic carbocycles. The molecule has 0 atom stereocenters. The number of nitrogens with one attached hydrogen (secondary N) is 1. The Morgan fingerprint density at radius 2 is 1.92 bits per heavy atom. The average Bonchev–Trinajstić information content (AvgIpc) is 2.56. The Morgan fingerprint density at radius 3 is 2.62 bits per heavy atom. The molecule has 1 N–H and O–H groups in total. The SMILES string of the molecule is CC.Cc1cc2cn[nH]c2nc1C. The second kappa shape index (κ2) is 4.03. The van der Waals surface area contributed by atoms with Gasteiger partial charge < -0.3 is 0 Å². The second-order valence-electron chi connectivity index (χ2n) is 2.70.